The fourth-order valence-corrected chi connectivity index (χ4v) is 1.95. The number of aryl methyl sites for hydroxylation is 2. The molecule has 5 nitrogen and oxygen atoms in total. The fraction of sp³-hybridized carbons (Fsp3) is 0.692. The van der Waals surface area contributed by atoms with E-state index in [9.17, 15) is 4.79 Å². The zero-order valence-corrected chi connectivity index (χ0v) is 11.8. The first-order valence-corrected chi connectivity index (χ1v) is 6.35. The summed E-state index contributed by atoms with van der Waals surface area (Å²) in [6, 6.07) is 2.11. The van der Waals surface area contributed by atoms with Crippen molar-refractivity contribution in [3.8, 4) is 0 Å². The summed E-state index contributed by atoms with van der Waals surface area (Å²) in [5, 5.41) is 4.42. The Kier molecular flexibility index (Phi) is 5.85. The first-order valence-electron chi connectivity index (χ1n) is 6.35. The van der Waals surface area contributed by atoms with Crippen molar-refractivity contribution in [2.45, 2.75) is 39.8 Å². The van der Waals surface area contributed by atoms with Gasteiger partial charge in [-0.05, 0) is 39.9 Å². The van der Waals surface area contributed by atoms with Crippen LogP contribution in [0.5, 0.6) is 0 Å². The molecule has 0 atom stereocenters. The Morgan fingerprint density at radius 1 is 1.56 bits per heavy atom. The second-order valence-corrected chi connectivity index (χ2v) is 4.51. The molecule has 0 amide bonds. The van der Waals surface area contributed by atoms with Gasteiger partial charge in [0.25, 0.3) is 0 Å². The van der Waals surface area contributed by atoms with Crippen LogP contribution in [-0.4, -0.2) is 41.4 Å². The van der Waals surface area contributed by atoms with Gasteiger partial charge in [0.2, 0.25) is 0 Å². The zero-order chi connectivity index (χ0) is 13.5. The van der Waals surface area contributed by atoms with Crippen molar-refractivity contribution in [3.63, 3.8) is 0 Å². The highest BCUT2D eigenvalue weighted by atomic mass is 16.5. The SMILES string of the molecule is CCn1nc(C)cc1CN(C)CCCC(=O)OC. The van der Waals surface area contributed by atoms with E-state index in [1.165, 1.54) is 12.8 Å². The number of hydrogen-bond donors (Lipinski definition) is 0. The normalized spacial score (nSPS) is 10.9. The average Bonchev–Trinajstić information content (AvgIpc) is 2.69. The summed E-state index contributed by atoms with van der Waals surface area (Å²) in [4.78, 5) is 13.2. The molecule has 18 heavy (non-hydrogen) atoms. The lowest BCUT2D eigenvalue weighted by Crippen LogP contribution is -2.22. The maximum atomic E-state index is 11.0. The average molecular weight is 253 g/mol. The van der Waals surface area contributed by atoms with Gasteiger partial charge in [0, 0.05) is 19.5 Å². The van der Waals surface area contributed by atoms with Gasteiger partial charge in [-0.3, -0.25) is 9.48 Å². The molecule has 0 spiro atoms. The Labute approximate surface area is 109 Å². The third kappa shape index (κ3) is 4.49. The molecule has 1 heterocycles. The van der Waals surface area contributed by atoms with Crippen LogP contribution in [0.25, 0.3) is 0 Å². The van der Waals surface area contributed by atoms with E-state index in [1.807, 2.05) is 11.6 Å². The number of aromatic nitrogens is 2. The van der Waals surface area contributed by atoms with Crippen LogP contribution in [0.4, 0.5) is 0 Å². The number of hydrogen-bond acceptors (Lipinski definition) is 4. The summed E-state index contributed by atoms with van der Waals surface area (Å²) in [6.07, 6.45) is 1.30. The lowest BCUT2D eigenvalue weighted by Gasteiger charge is -2.16. The van der Waals surface area contributed by atoms with E-state index in [-0.39, 0.29) is 5.97 Å². The van der Waals surface area contributed by atoms with Gasteiger partial charge in [0.05, 0.1) is 18.5 Å². The molecule has 5 heteroatoms. The molecule has 0 N–H and O–H groups in total. The van der Waals surface area contributed by atoms with Crippen LogP contribution in [0.1, 0.15) is 31.2 Å². The van der Waals surface area contributed by atoms with Gasteiger partial charge in [-0.25, -0.2) is 0 Å². The molecule has 0 saturated heterocycles. The largest absolute Gasteiger partial charge is 0.469 e. The number of carbonyl (C=O) groups excluding carboxylic acids is 1. The lowest BCUT2D eigenvalue weighted by atomic mass is 10.3. The summed E-state index contributed by atoms with van der Waals surface area (Å²) < 4.78 is 6.64. The monoisotopic (exact) mass is 253 g/mol. The minimum Gasteiger partial charge on any atom is -0.469 e. The molecule has 0 aliphatic heterocycles. The van der Waals surface area contributed by atoms with Crippen molar-refractivity contribution in [2.24, 2.45) is 0 Å². The molecule has 0 fully saturated rings. The summed E-state index contributed by atoms with van der Waals surface area (Å²) in [5.41, 5.74) is 2.27. The molecule has 0 aliphatic carbocycles. The van der Waals surface area contributed by atoms with Gasteiger partial charge in [-0.1, -0.05) is 0 Å². The van der Waals surface area contributed by atoms with Crippen LogP contribution in [-0.2, 0) is 22.6 Å². The maximum Gasteiger partial charge on any atom is 0.305 e. The van der Waals surface area contributed by atoms with Crippen molar-refractivity contribution in [3.05, 3.63) is 17.5 Å². The first-order chi connectivity index (χ1) is 8.56. The summed E-state index contributed by atoms with van der Waals surface area (Å²) in [6.45, 7) is 6.72. The zero-order valence-electron chi connectivity index (χ0n) is 11.8. The summed E-state index contributed by atoms with van der Waals surface area (Å²) >= 11 is 0. The van der Waals surface area contributed by atoms with E-state index in [0.717, 1.165) is 31.7 Å². The van der Waals surface area contributed by atoms with Crippen LogP contribution in [0, 0.1) is 6.92 Å². The minimum atomic E-state index is -0.141. The Bertz CT molecular complexity index is 388. The van der Waals surface area contributed by atoms with Crippen molar-refractivity contribution in [1.82, 2.24) is 14.7 Å². The molecule has 0 radical (unpaired) electrons. The van der Waals surface area contributed by atoms with E-state index < -0.39 is 0 Å². The van der Waals surface area contributed by atoms with Crippen LogP contribution in [0.2, 0.25) is 0 Å². The Morgan fingerprint density at radius 2 is 2.28 bits per heavy atom. The van der Waals surface area contributed by atoms with Gasteiger partial charge in [-0.15, -0.1) is 0 Å². The molecule has 1 rings (SSSR count). The molecule has 0 bridgehead atoms. The molecule has 1 aromatic rings. The van der Waals surface area contributed by atoms with Gasteiger partial charge < -0.3 is 9.64 Å². The molecule has 1 aromatic heterocycles. The number of nitrogens with zero attached hydrogens (tertiary/aromatic N) is 3. The standard InChI is InChI=1S/C13H23N3O2/c1-5-16-12(9-11(2)14-16)10-15(3)8-6-7-13(17)18-4/h9H,5-8,10H2,1-4H3. The van der Waals surface area contributed by atoms with Gasteiger partial charge in [0.15, 0.2) is 0 Å². The van der Waals surface area contributed by atoms with Crippen LogP contribution < -0.4 is 0 Å². The highest BCUT2D eigenvalue weighted by Gasteiger charge is 2.08. The predicted molar refractivity (Wildman–Crippen MR) is 70.2 cm³/mol. The Balaban J connectivity index is 2.39. The summed E-state index contributed by atoms with van der Waals surface area (Å²) in [5.74, 6) is -0.141. The number of esters is 1. The van der Waals surface area contributed by atoms with E-state index >= 15 is 0 Å². The lowest BCUT2D eigenvalue weighted by molar-refractivity contribution is -0.140. The minimum absolute atomic E-state index is 0.141. The molecule has 102 valence electrons. The molecular weight excluding hydrogens is 230 g/mol. The van der Waals surface area contributed by atoms with Crippen molar-refractivity contribution in [1.29, 1.82) is 0 Å². The van der Waals surface area contributed by atoms with Crippen molar-refractivity contribution in [2.75, 3.05) is 20.7 Å². The third-order valence-corrected chi connectivity index (χ3v) is 2.87. The molecule has 0 aliphatic rings. The topological polar surface area (TPSA) is 47.4 Å². The molecular formula is C13H23N3O2. The van der Waals surface area contributed by atoms with Crippen LogP contribution in [0.15, 0.2) is 6.07 Å². The predicted octanol–water partition coefficient (Wildman–Crippen LogP) is 1.60. The fourth-order valence-electron chi connectivity index (χ4n) is 1.95. The maximum absolute atomic E-state index is 11.0. The van der Waals surface area contributed by atoms with Gasteiger partial charge in [-0.2, -0.15) is 5.10 Å². The summed E-state index contributed by atoms with van der Waals surface area (Å²) in [7, 11) is 3.48. The molecule has 0 unspecified atom stereocenters. The number of carbonyl (C=O) groups is 1. The van der Waals surface area contributed by atoms with E-state index in [0.29, 0.717) is 6.42 Å². The highest BCUT2D eigenvalue weighted by Crippen LogP contribution is 2.07. The van der Waals surface area contributed by atoms with E-state index in [2.05, 4.69) is 34.8 Å². The highest BCUT2D eigenvalue weighted by molar-refractivity contribution is 5.69. The van der Waals surface area contributed by atoms with E-state index in [4.69, 9.17) is 0 Å². The molecule has 0 aromatic carbocycles. The third-order valence-electron chi connectivity index (χ3n) is 2.87. The van der Waals surface area contributed by atoms with Crippen LogP contribution in [0.3, 0.4) is 0 Å². The number of rotatable bonds is 7. The smallest absolute Gasteiger partial charge is 0.305 e. The number of ether oxygens (including phenoxy) is 1. The van der Waals surface area contributed by atoms with Crippen molar-refractivity contribution < 1.29 is 9.53 Å². The van der Waals surface area contributed by atoms with Gasteiger partial charge in [0.1, 0.15) is 0 Å². The quantitative estimate of drug-likeness (QED) is 0.692. The molecule has 0 saturated carbocycles. The Hall–Kier alpha value is -1.36. The van der Waals surface area contributed by atoms with Crippen LogP contribution >= 0.6 is 0 Å². The first kappa shape index (κ1) is 14.7. The second kappa shape index (κ2) is 7.16. The van der Waals surface area contributed by atoms with E-state index in [1.54, 1.807) is 0 Å². The van der Waals surface area contributed by atoms with Gasteiger partial charge >= 0.3 is 5.97 Å². The Morgan fingerprint density at radius 3 is 2.89 bits per heavy atom. The van der Waals surface area contributed by atoms with Crippen molar-refractivity contribution >= 4 is 5.97 Å². The second-order valence-electron chi connectivity index (χ2n) is 4.51. The number of methoxy groups -OCH3 is 1.